The first-order valence-corrected chi connectivity index (χ1v) is 5.40. The van der Waals surface area contributed by atoms with E-state index in [1.807, 2.05) is 6.26 Å². The SMILES string of the molecule is CSc1nnc(C(C)(C)CCN)o1. The summed E-state index contributed by atoms with van der Waals surface area (Å²) in [6.45, 7) is 4.74. The molecule has 0 amide bonds. The van der Waals surface area contributed by atoms with Gasteiger partial charge in [-0.1, -0.05) is 25.6 Å². The Morgan fingerprint density at radius 3 is 2.62 bits per heavy atom. The fourth-order valence-electron chi connectivity index (χ4n) is 1.03. The molecule has 2 N–H and O–H groups in total. The molecule has 5 heteroatoms. The molecule has 1 heterocycles. The first-order valence-electron chi connectivity index (χ1n) is 4.18. The first kappa shape index (κ1) is 10.5. The van der Waals surface area contributed by atoms with E-state index in [0.717, 1.165) is 6.42 Å². The van der Waals surface area contributed by atoms with Gasteiger partial charge in [-0.2, -0.15) is 0 Å². The number of aromatic nitrogens is 2. The highest BCUT2D eigenvalue weighted by Gasteiger charge is 2.26. The van der Waals surface area contributed by atoms with E-state index in [4.69, 9.17) is 10.2 Å². The summed E-state index contributed by atoms with van der Waals surface area (Å²) in [4.78, 5) is 0. The molecule has 0 aliphatic carbocycles. The summed E-state index contributed by atoms with van der Waals surface area (Å²) in [5.74, 6) is 0.669. The molecular formula is C8H15N3OS. The van der Waals surface area contributed by atoms with Crippen LogP contribution in [-0.4, -0.2) is 23.0 Å². The zero-order chi connectivity index (χ0) is 9.90. The molecule has 0 unspecified atom stereocenters. The molecule has 0 fully saturated rings. The lowest BCUT2D eigenvalue weighted by Gasteiger charge is -2.18. The van der Waals surface area contributed by atoms with Crippen LogP contribution in [0.25, 0.3) is 0 Å². The minimum absolute atomic E-state index is 0.115. The van der Waals surface area contributed by atoms with Gasteiger partial charge in [-0.3, -0.25) is 0 Å². The van der Waals surface area contributed by atoms with E-state index in [9.17, 15) is 0 Å². The highest BCUT2D eigenvalue weighted by molar-refractivity contribution is 7.98. The number of rotatable bonds is 4. The lowest BCUT2D eigenvalue weighted by Crippen LogP contribution is -2.22. The monoisotopic (exact) mass is 201 g/mol. The summed E-state index contributed by atoms with van der Waals surface area (Å²) in [5, 5.41) is 8.48. The number of nitrogens with zero attached hydrogens (tertiary/aromatic N) is 2. The minimum Gasteiger partial charge on any atom is -0.415 e. The molecule has 0 bridgehead atoms. The molecular weight excluding hydrogens is 186 g/mol. The molecule has 0 radical (unpaired) electrons. The predicted octanol–water partition coefficient (Wildman–Crippen LogP) is 1.42. The van der Waals surface area contributed by atoms with E-state index in [1.165, 1.54) is 11.8 Å². The molecule has 0 atom stereocenters. The Morgan fingerprint density at radius 1 is 1.46 bits per heavy atom. The fourth-order valence-corrected chi connectivity index (χ4v) is 1.32. The topological polar surface area (TPSA) is 64.9 Å². The van der Waals surface area contributed by atoms with Crippen LogP contribution in [0, 0.1) is 0 Å². The summed E-state index contributed by atoms with van der Waals surface area (Å²) in [7, 11) is 0. The average molecular weight is 201 g/mol. The normalized spacial score (nSPS) is 12.0. The molecule has 1 rings (SSSR count). The first-order chi connectivity index (χ1) is 6.10. The Morgan fingerprint density at radius 2 is 2.15 bits per heavy atom. The van der Waals surface area contributed by atoms with E-state index >= 15 is 0 Å². The average Bonchev–Trinajstić information content (AvgIpc) is 2.52. The van der Waals surface area contributed by atoms with Crippen molar-refractivity contribution in [2.45, 2.75) is 30.9 Å². The van der Waals surface area contributed by atoms with Gasteiger partial charge in [0, 0.05) is 5.41 Å². The van der Waals surface area contributed by atoms with Crippen molar-refractivity contribution in [1.82, 2.24) is 10.2 Å². The molecule has 13 heavy (non-hydrogen) atoms. The quantitative estimate of drug-likeness (QED) is 0.746. The van der Waals surface area contributed by atoms with Crippen molar-refractivity contribution < 1.29 is 4.42 Å². The molecule has 1 aromatic rings. The van der Waals surface area contributed by atoms with Crippen molar-refractivity contribution in [2.75, 3.05) is 12.8 Å². The summed E-state index contributed by atoms with van der Waals surface area (Å²) in [5.41, 5.74) is 5.38. The van der Waals surface area contributed by atoms with Crippen LogP contribution in [0.15, 0.2) is 9.64 Å². The molecule has 0 aromatic carbocycles. The highest BCUT2D eigenvalue weighted by Crippen LogP contribution is 2.26. The summed E-state index contributed by atoms with van der Waals surface area (Å²) in [6.07, 6.45) is 2.76. The van der Waals surface area contributed by atoms with Crippen LogP contribution < -0.4 is 5.73 Å². The second-order valence-electron chi connectivity index (χ2n) is 3.50. The zero-order valence-electron chi connectivity index (χ0n) is 8.20. The number of nitrogens with two attached hydrogens (primary N) is 1. The van der Waals surface area contributed by atoms with E-state index in [0.29, 0.717) is 17.7 Å². The summed E-state index contributed by atoms with van der Waals surface area (Å²) in [6, 6.07) is 0. The Bertz CT molecular complexity index is 272. The third kappa shape index (κ3) is 2.45. The summed E-state index contributed by atoms with van der Waals surface area (Å²) >= 11 is 1.45. The van der Waals surface area contributed by atoms with Crippen molar-refractivity contribution in [3.63, 3.8) is 0 Å². The zero-order valence-corrected chi connectivity index (χ0v) is 9.02. The van der Waals surface area contributed by atoms with Crippen LogP contribution in [0.5, 0.6) is 0 Å². The molecule has 4 nitrogen and oxygen atoms in total. The van der Waals surface area contributed by atoms with Gasteiger partial charge in [-0.25, -0.2) is 0 Å². The third-order valence-electron chi connectivity index (χ3n) is 1.93. The van der Waals surface area contributed by atoms with Gasteiger partial charge in [0.1, 0.15) is 0 Å². The van der Waals surface area contributed by atoms with Gasteiger partial charge in [-0.05, 0) is 19.2 Å². The summed E-state index contributed by atoms with van der Waals surface area (Å²) < 4.78 is 5.44. The maximum absolute atomic E-state index is 5.50. The van der Waals surface area contributed by atoms with Gasteiger partial charge in [0.25, 0.3) is 5.22 Å². The van der Waals surface area contributed by atoms with E-state index in [2.05, 4.69) is 24.0 Å². The van der Waals surface area contributed by atoms with Crippen LogP contribution in [0.2, 0.25) is 0 Å². The highest BCUT2D eigenvalue weighted by atomic mass is 32.2. The lowest BCUT2D eigenvalue weighted by molar-refractivity contribution is 0.320. The number of hydrogen-bond acceptors (Lipinski definition) is 5. The molecule has 1 aromatic heterocycles. The van der Waals surface area contributed by atoms with Crippen LogP contribution in [0.1, 0.15) is 26.2 Å². The van der Waals surface area contributed by atoms with Gasteiger partial charge in [-0.15, -0.1) is 10.2 Å². The van der Waals surface area contributed by atoms with Gasteiger partial charge < -0.3 is 10.2 Å². The van der Waals surface area contributed by atoms with E-state index in [-0.39, 0.29) is 5.41 Å². The largest absolute Gasteiger partial charge is 0.415 e. The second-order valence-corrected chi connectivity index (χ2v) is 4.26. The molecule has 0 spiro atoms. The molecule has 0 aliphatic heterocycles. The van der Waals surface area contributed by atoms with Gasteiger partial charge >= 0.3 is 0 Å². The van der Waals surface area contributed by atoms with Crippen LogP contribution in [-0.2, 0) is 5.41 Å². The Balaban J connectivity index is 2.80. The van der Waals surface area contributed by atoms with E-state index < -0.39 is 0 Å². The molecule has 0 saturated heterocycles. The van der Waals surface area contributed by atoms with Crippen molar-refractivity contribution in [1.29, 1.82) is 0 Å². The Labute approximate surface area is 82.3 Å². The molecule has 0 aliphatic rings. The number of hydrogen-bond donors (Lipinski definition) is 1. The maximum atomic E-state index is 5.50. The fraction of sp³-hybridized carbons (Fsp3) is 0.750. The van der Waals surface area contributed by atoms with Gasteiger partial charge in [0.15, 0.2) is 0 Å². The number of thioether (sulfide) groups is 1. The van der Waals surface area contributed by atoms with Gasteiger partial charge in [0.2, 0.25) is 5.89 Å². The van der Waals surface area contributed by atoms with E-state index in [1.54, 1.807) is 0 Å². The molecule has 0 saturated carbocycles. The van der Waals surface area contributed by atoms with Crippen LogP contribution in [0.4, 0.5) is 0 Å². The van der Waals surface area contributed by atoms with Crippen LogP contribution >= 0.6 is 11.8 Å². The smallest absolute Gasteiger partial charge is 0.276 e. The minimum atomic E-state index is -0.115. The van der Waals surface area contributed by atoms with Crippen molar-refractivity contribution in [3.8, 4) is 0 Å². The van der Waals surface area contributed by atoms with Gasteiger partial charge in [0.05, 0.1) is 0 Å². The standard InChI is InChI=1S/C8H15N3OS/c1-8(2,4-5-9)6-10-11-7(12-6)13-3/h4-5,9H2,1-3H3. The third-order valence-corrected chi connectivity index (χ3v) is 2.44. The van der Waals surface area contributed by atoms with Crippen molar-refractivity contribution >= 4 is 11.8 Å². The van der Waals surface area contributed by atoms with Crippen molar-refractivity contribution in [3.05, 3.63) is 5.89 Å². The maximum Gasteiger partial charge on any atom is 0.276 e. The Kier molecular flexibility index (Phi) is 3.33. The second kappa shape index (κ2) is 4.11. The predicted molar refractivity (Wildman–Crippen MR) is 52.8 cm³/mol. The van der Waals surface area contributed by atoms with Crippen molar-refractivity contribution in [2.24, 2.45) is 5.73 Å². The Hall–Kier alpha value is -0.550. The van der Waals surface area contributed by atoms with Crippen LogP contribution in [0.3, 0.4) is 0 Å². The lowest BCUT2D eigenvalue weighted by atomic mass is 9.89. The molecule has 74 valence electrons.